The summed E-state index contributed by atoms with van der Waals surface area (Å²) in [5.41, 5.74) is 2.31. The highest BCUT2D eigenvalue weighted by Gasteiger charge is 2.05. The normalized spacial score (nSPS) is 11.3. The molecule has 0 amide bonds. The molecule has 0 aromatic heterocycles. The first-order valence-electron chi connectivity index (χ1n) is 17.8. The maximum atomic E-state index is 12.6. The molecule has 3 rings (SSSR count). The van der Waals surface area contributed by atoms with E-state index in [4.69, 9.17) is 14.2 Å². The first-order chi connectivity index (χ1) is 23.1. The Morgan fingerprint density at radius 3 is 1.38 bits per heavy atom. The van der Waals surface area contributed by atoms with Gasteiger partial charge in [-0.3, -0.25) is 4.79 Å². The monoisotopic (exact) mass is 638 g/mol. The van der Waals surface area contributed by atoms with Gasteiger partial charge < -0.3 is 14.2 Å². The van der Waals surface area contributed by atoms with Crippen LogP contribution in [0.15, 0.2) is 84.9 Å². The predicted octanol–water partition coefficient (Wildman–Crippen LogP) is 11.5. The lowest BCUT2D eigenvalue weighted by Crippen LogP contribution is -2.04. The van der Waals surface area contributed by atoms with Crippen molar-refractivity contribution < 1.29 is 23.8 Å². The molecular weight excluding hydrogens is 584 g/mol. The molecule has 0 aliphatic rings. The molecule has 0 N–H and O–H groups in total. The summed E-state index contributed by atoms with van der Waals surface area (Å²) in [6.45, 7) is 5.90. The Hall–Kier alpha value is -4.12. The first-order valence-corrected chi connectivity index (χ1v) is 17.8. The van der Waals surface area contributed by atoms with Crippen LogP contribution in [0.3, 0.4) is 0 Å². The molecule has 5 nitrogen and oxygen atoms in total. The van der Waals surface area contributed by atoms with Crippen molar-refractivity contribution in [1.82, 2.24) is 0 Å². The number of carbonyl (C=O) groups is 2. The van der Waals surface area contributed by atoms with Crippen LogP contribution in [0.5, 0.6) is 17.2 Å². The molecule has 47 heavy (non-hydrogen) atoms. The van der Waals surface area contributed by atoms with Crippen LogP contribution >= 0.6 is 0 Å². The number of ether oxygens (including phenoxy) is 3. The second-order valence-corrected chi connectivity index (χ2v) is 12.1. The van der Waals surface area contributed by atoms with E-state index in [-0.39, 0.29) is 5.78 Å². The summed E-state index contributed by atoms with van der Waals surface area (Å²) in [7, 11) is 0. The van der Waals surface area contributed by atoms with E-state index in [1.165, 1.54) is 83.1 Å². The molecule has 0 aliphatic heterocycles. The lowest BCUT2D eigenvalue weighted by Gasteiger charge is -2.06. The zero-order valence-corrected chi connectivity index (χ0v) is 28.6. The minimum absolute atomic E-state index is 0.130. The highest BCUT2D eigenvalue weighted by atomic mass is 16.5. The summed E-state index contributed by atoms with van der Waals surface area (Å²) in [5, 5.41) is 0. The Kier molecular flexibility index (Phi) is 18.5. The average Bonchev–Trinajstić information content (AvgIpc) is 3.10. The molecule has 0 saturated heterocycles. The summed E-state index contributed by atoms with van der Waals surface area (Å²) in [4.78, 5) is 25.0. The van der Waals surface area contributed by atoms with Gasteiger partial charge in [-0.15, -0.1) is 0 Å². The molecule has 0 bridgehead atoms. The number of benzene rings is 3. The molecule has 0 radical (unpaired) electrons. The van der Waals surface area contributed by atoms with E-state index in [2.05, 4.69) is 13.8 Å². The van der Waals surface area contributed by atoms with Crippen LogP contribution in [-0.2, 0) is 4.79 Å². The molecule has 0 atom stereocenters. The fraction of sp³-hybridized carbons (Fsp3) is 0.429. The zero-order valence-electron chi connectivity index (χ0n) is 28.6. The lowest BCUT2D eigenvalue weighted by molar-refractivity contribution is -0.128. The fourth-order valence-corrected chi connectivity index (χ4v) is 5.12. The number of esters is 1. The van der Waals surface area contributed by atoms with Crippen LogP contribution in [0.4, 0.5) is 0 Å². The maximum absolute atomic E-state index is 12.6. The lowest BCUT2D eigenvalue weighted by atomic mass is 10.1. The van der Waals surface area contributed by atoms with E-state index in [1.807, 2.05) is 48.5 Å². The third kappa shape index (κ3) is 16.3. The summed E-state index contributed by atoms with van der Waals surface area (Å²) in [6.07, 6.45) is 24.2. The number of hydrogen-bond donors (Lipinski definition) is 0. The molecule has 0 spiro atoms. The van der Waals surface area contributed by atoms with E-state index >= 15 is 0 Å². The third-order valence-corrected chi connectivity index (χ3v) is 7.99. The molecule has 0 heterocycles. The van der Waals surface area contributed by atoms with Gasteiger partial charge in [-0.05, 0) is 84.7 Å². The Bertz CT molecular complexity index is 1340. The van der Waals surface area contributed by atoms with Crippen molar-refractivity contribution in [2.24, 2.45) is 0 Å². The van der Waals surface area contributed by atoms with Crippen LogP contribution in [0, 0.1) is 0 Å². The van der Waals surface area contributed by atoms with Crippen LogP contribution < -0.4 is 14.2 Å². The second-order valence-electron chi connectivity index (χ2n) is 12.1. The van der Waals surface area contributed by atoms with Gasteiger partial charge in [-0.2, -0.15) is 0 Å². The van der Waals surface area contributed by atoms with Gasteiger partial charge in [-0.25, -0.2) is 4.79 Å². The molecule has 0 saturated carbocycles. The molecule has 3 aromatic carbocycles. The van der Waals surface area contributed by atoms with Gasteiger partial charge in [0.1, 0.15) is 17.2 Å². The van der Waals surface area contributed by atoms with Gasteiger partial charge >= 0.3 is 5.97 Å². The molecule has 3 aromatic rings. The number of rotatable bonds is 24. The van der Waals surface area contributed by atoms with Crippen LogP contribution in [-0.4, -0.2) is 25.0 Å². The van der Waals surface area contributed by atoms with E-state index in [0.29, 0.717) is 11.3 Å². The number of allylic oxidation sites excluding steroid dienone is 1. The van der Waals surface area contributed by atoms with Crippen molar-refractivity contribution in [1.29, 1.82) is 0 Å². The quantitative estimate of drug-likeness (QED) is 0.0321. The molecular formula is C42H54O5. The van der Waals surface area contributed by atoms with E-state index in [1.54, 1.807) is 42.5 Å². The van der Waals surface area contributed by atoms with E-state index in [0.717, 1.165) is 48.7 Å². The van der Waals surface area contributed by atoms with Crippen molar-refractivity contribution >= 4 is 23.9 Å². The Morgan fingerprint density at radius 1 is 0.489 bits per heavy atom. The summed E-state index contributed by atoms with van der Waals surface area (Å²) in [5.74, 6) is 1.43. The Morgan fingerprint density at radius 2 is 0.894 bits per heavy atom. The number of carbonyl (C=O) groups excluding carboxylic acids is 2. The third-order valence-electron chi connectivity index (χ3n) is 7.99. The highest BCUT2D eigenvalue weighted by molar-refractivity contribution is 6.06. The largest absolute Gasteiger partial charge is 0.494 e. The second kappa shape index (κ2) is 23.2. The first kappa shape index (κ1) is 37.3. The van der Waals surface area contributed by atoms with Gasteiger partial charge in [0.15, 0.2) is 5.78 Å². The fourth-order valence-electron chi connectivity index (χ4n) is 5.12. The topological polar surface area (TPSA) is 61.8 Å². The molecule has 5 heteroatoms. The minimum atomic E-state index is -0.487. The van der Waals surface area contributed by atoms with Crippen molar-refractivity contribution in [3.8, 4) is 17.2 Å². The maximum Gasteiger partial charge on any atom is 0.336 e. The Balaban J connectivity index is 1.32. The van der Waals surface area contributed by atoms with Gasteiger partial charge in [-0.1, -0.05) is 121 Å². The molecule has 0 fully saturated rings. The van der Waals surface area contributed by atoms with Crippen LogP contribution in [0.2, 0.25) is 0 Å². The van der Waals surface area contributed by atoms with Crippen molar-refractivity contribution in [2.45, 2.75) is 104 Å². The summed E-state index contributed by atoms with van der Waals surface area (Å²) in [6, 6.07) is 22.0. The van der Waals surface area contributed by atoms with Gasteiger partial charge in [0, 0.05) is 11.6 Å². The van der Waals surface area contributed by atoms with E-state index in [9.17, 15) is 9.59 Å². The standard InChI is InChI=1S/C42H54O5/c1-3-5-7-9-10-11-12-13-14-16-34-46-39-27-19-36(20-28-39)22-32-42(44)47-40-29-23-37(24-30-40)41(43)31-21-35-17-25-38(26-18-35)45-33-15-8-6-4-2/h17-32H,3-16,33-34H2,1-2H3/b31-21+,32-22+. The van der Waals surface area contributed by atoms with Gasteiger partial charge in [0.05, 0.1) is 13.2 Å². The number of ketones is 1. The molecule has 0 unspecified atom stereocenters. The van der Waals surface area contributed by atoms with Crippen molar-refractivity contribution in [3.63, 3.8) is 0 Å². The predicted molar refractivity (Wildman–Crippen MR) is 194 cm³/mol. The molecule has 0 aliphatic carbocycles. The van der Waals surface area contributed by atoms with E-state index < -0.39 is 5.97 Å². The van der Waals surface area contributed by atoms with Crippen molar-refractivity contribution in [2.75, 3.05) is 13.2 Å². The summed E-state index contributed by atoms with van der Waals surface area (Å²) >= 11 is 0. The number of hydrogen-bond acceptors (Lipinski definition) is 5. The Labute approximate surface area is 283 Å². The molecule has 252 valence electrons. The van der Waals surface area contributed by atoms with Gasteiger partial charge in [0.2, 0.25) is 0 Å². The highest BCUT2D eigenvalue weighted by Crippen LogP contribution is 2.18. The minimum Gasteiger partial charge on any atom is -0.494 e. The smallest absolute Gasteiger partial charge is 0.336 e. The van der Waals surface area contributed by atoms with Crippen molar-refractivity contribution in [3.05, 3.63) is 102 Å². The van der Waals surface area contributed by atoms with Crippen LogP contribution in [0.1, 0.15) is 125 Å². The average molecular weight is 639 g/mol. The number of unbranched alkanes of at least 4 members (excludes halogenated alkanes) is 12. The zero-order chi connectivity index (χ0) is 33.4. The summed E-state index contributed by atoms with van der Waals surface area (Å²) < 4.78 is 17.1. The van der Waals surface area contributed by atoms with Gasteiger partial charge in [0.25, 0.3) is 0 Å². The SMILES string of the molecule is CCCCCCCCCCCCOc1ccc(/C=C/C(=O)Oc2ccc(C(=O)/C=C/c3ccc(OCCCCCC)cc3)cc2)cc1. The van der Waals surface area contributed by atoms with Crippen LogP contribution in [0.25, 0.3) is 12.2 Å².